The fourth-order valence-electron chi connectivity index (χ4n) is 17.2. The molecular formula is B96. The molecule has 0 atom stereocenters. The third-order valence-corrected chi connectivity index (χ3v) is 20.4. The van der Waals surface area contributed by atoms with Crippen LogP contribution in [0.1, 0.15) is 0 Å². The zero-order valence-electron chi connectivity index (χ0n) is 55.4. The van der Waals surface area contributed by atoms with E-state index in [0.717, 1.165) is 0 Å². The van der Waals surface area contributed by atoms with Crippen LogP contribution in [0.2, 0.25) is 0 Å². The molecule has 0 unspecified atom stereocenters. The summed E-state index contributed by atoms with van der Waals surface area (Å²) in [5.41, 5.74) is 0. The maximum Gasteiger partial charge on any atom is 0 e. The molecule has 0 spiro atoms. The van der Waals surface area contributed by atoms with Crippen molar-refractivity contribution in [2.24, 2.45) is 0 Å². The average molecular weight is 1040 g/mol. The predicted octanol–water partition coefficient (Wildman–Crippen LogP) is -36.6. The third kappa shape index (κ3) is 27.3. The van der Waals surface area contributed by atoms with Crippen molar-refractivity contribution in [2.45, 2.75) is 0 Å². The first-order valence-corrected chi connectivity index (χ1v) is 31.7. The van der Waals surface area contributed by atoms with Gasteiger partial charge in [0.1, 0.15) is 0 Å². The molecule has 0 saturated carbocycles. The lowest BCUT2D eigenvalue weighted by atomic mass is 8.18. The molecule has 0 nitrogen and oxygen atoms in total. The highest BCUT2D eigenvalue weighted by atomic mass is 13.5. The van der Waals surface area contributed by atoms with Gasteiger partial charge < -0.3 is 0 Å². The summed E-state index contributed by atoms with van der Waals surface area (Å²) in [6.45, 7) is 0. The Balaban J connectivity index is 14.3. The molecule has 96 heavy (non-hydrogen) atoms. The molecule has 288 valence electrons. The Kier molecular flexibility index (Phi) is 50.0. The fraction of sp³-hybridized carbons (Fsp3) is 0. The topological polar surface area (TPSA) is 0 Å². The van der Waals surface area contributed by atoms with Crippen molar-refractivity contribution in [3.8, 4) is 0 Å². The van der Waals surface area contributed by atoms with E-state index in [9.17, 15) is 0 Å². The van der Waals surface area contributed by atoms with Crippen LogP contribution >= 0.6 is 0 Å². The van der Waals surface area contributed by atoms with Crippen LogP contribution in [0.3, 0.4) is 0 Å². The van der Waals surface area contributed by atoms with Gasteiger partial charge in [-0.05, 0) is 0 Å². The van der Waals surface area contributed by atoms with Gasteiger partial charge >= 0.3 is 0 Å². The second kappa shape index (κ2) is 46.9. The largest absolute Gasteiger partial charge is 0 e. The molecule has 0 heterocycles. The second-order valence-electron chi connectivity index (χ2n) is 27.1. The van der Waals surface area contributed by atoms with Crippen molar-refractivity contribution in [2.75, 3.05) is 0 Å². The lowest BCUT2D eigenvalue weighted by Crippen LogP contribution is -3.01. The molecule has 0 aromatic heterocycles. The molecule has 98 radical (unpaired) electrons. The Morgan fingerprint density at radius 3 is 0.188 bits per heavy atom. The van der Waals surface area contributed by atoms with E-state index >= 15 is 0 Å². The molecule has 0 amide bonds. The molecule has 0 rings (SSSR count). The van der Waals surface area contributed by atoms with Gasteiger partial charge in [-0.2, -0.15) is 0 Å². The highest BCUT2D eigenvalue weighted by Gasteiger charge is 2.68. The highest BCUT2D eigenvalue weighted by molar-refractivity contribution is 8.43. The first kappa shape index (κ1) is 102. The van der Waals surface area contributed by atoms with Crippen LogP contribution in [0.5, 0.6) is 0 Å². The second-order valence-corrected chi connectivity index (χ2v) is 27.1. The van der Waals surface area contributed by atoms with Gasteiger partial charge in [0.2, 0.25) is 0 Å². The molecular weight excluding hydrogens is 1040 g/mol. The van der Waals surface area contributed by atoms with Gasteiger partial charge in [0.15, 0.2) is 0 Å². The van der Waals surface area contributed by atoms with Crippen molar-refractivity contribution < 1.29 is 0 Å². The quantitative estimate of drug-likeness (QED) is 0.0533. The van der Waals surface area contributed by atoms with Crippen molar-refractivity contribution in [1.29, 1.82) is 0 Å². The van der Waals surface area contributed by atoms with Crippen LogP contribution in [0, 0.1) is 0 Å². The van der Waals surface area contributed by atoms with Gasteiger partial charge in [-0.15, -0.1) is 0 Å². The van der Waals surface area contributed by atoms with Crippen molar-refractivity contribution in [3.05, 3.63) is 0 Å². The monoisotopic (exact) mass is 1060 g/mol. The van der Waals surface area contributed by atoms with Crippen LogP contribution < -0.4 is 0 Å². The SMILES string of the molecule is [B]B([B])B([B])B(B([B])[B])B(B(B([B])[B])B([B])[B])B(B(B(B([B])[B])B([B])[B])B(B([B])[B])B([B])[B])B(B(B(B(B([B])[B])B([B])[B])B(B([B])[B])B([B])[B])B(B(B([B])[B])B([B])[B])B(B([B])[B])B([B])[B])B(B(B(B([B])[B])B([B])[B])B(B([B])[B])B([B])[B])B(B(B([B])[B])B([B])[B])B(B([B])[B])B([B])[B]. The minimum Gasteiger partial charge on any atom is 0 e. The number of rotatable bonds is 46. The van der Waals surface area contributed by atoms with E-state index in [1.165, 1.54) is 0 Å². The zero-order valence-corrected chi connectivity index (χ0v) is 55.4. The molecule has 0 aliphatic heterocycles. The van der Waals surface area contributed by atoms with Crippen molar-refractivity contribution in [3.63, 3.8) is 0 Å². The molecule has 0 aromatic carbocycles. The van der Waals surface area contributed by atoms with E-state index in [2.05, 4.69) is 0 Å². The Morgan fingerprint density at radius 2 is 0.125 bits per heavy atom. The van der Waals surface area contributed by atoms with E-state index in [-0.39, 0.29) is 0 Å². The number of hydrogen-bond acceptors (Lipinski definition) is 0. The Hall–Kier alpha value is 6.23. The first-order valence-electron chi connectivity index (χ1n) is 31.7. The summed E-state index contributed by atoms with van der Waals surface area (Å²) in [6.07, 6.45) is -87.6. The zero-order chi connectivity index (χ0) is 76.1. The molecule has 0 aromatic rings. The summed E-state index contributed by atoms with van der Waals surface area (Å²) in [4.78, 5) is 0. The summed E-state index contributed by atoms with van der Waals surface area (Å²) >= 11 is 0. The Labute approximate surface area is 672 Å². The molecule has 0 fully saturated rings. The predicted molar refractivity (Wildman–Crippen MR) is 552 cm³/mol. The van der Waals surface area contributed by atoms with E-state index in [1.54, 1.807) is 0 Å². The minimum atomic E-state index is -2.26. The van der Waals surface area contributed by atoms with E-state index < -0.39 is 300 Å². The van der Waals surface area contributed by atoms with Crippen LogP contribution in [0.4, 0.5) is 0 Å². The highest BCUT2D eigenvalue weighted by Crippen LogP contribution is 2.30. The van der Waals surface area contributed by atoms with Gasteiger partial charge in [0, 0.05) is 679 Å². The van der Waals surface area contributed by atoms with Crippen LogP contribution in [0.25, 0.3) is 0 Å². The van der Waals surface area contributed by atoms with Gasteiger partial charge in [-0.25, -0.2) is 0 Å². The van der Waals surface area contributed by atoms with Crippen LogP contribution in [-0.4, -0.2) is 679 Å². The lowest BCUT2D eigenvalue weighted by Gasteiger charge is -2.63. The molecule has 0 bridgehead atoms. The fourth-order valence-corrected chi connectivity index (χ4v) is 17.2. The Bertz CT molecular complexity index is 1600. The molecule has 0 aliphatic rings. The first-order chi connectivity index (χ1) is 43.6. The maximum absolute atomic E-state index is 7.34. The average Bonchev–Trinajstić information content (AvgIpc) is 3.36. The van der Waals surface area contributed by atoms with E-state index in [0.29, 0.717) is 0 Å². The Morgan fingerprint density at radius 1 is 0.0625 bits per heavy atom. The normalized spacial score (nSPS) is 9.83. The molecule has 0 saturated heterocycles. The van der Waals surface area contributed by atoms with E-state index in [4.69, 9.17) is 379 Å². The van der Waals surface area contributed by atoms with E-state index in [1.807, 2.05) is 0 Å². The molecule has 0 N–H and O–H groups in total. The van der Waals surface area contributed by atoms with Crippen molar-refractivity contribution in [1.82, 2.24) is 0 Å². The smallest absolute Gasteiger partial charge is 0 e. The number of hydrogen-bond donors (Lipinski definition) is 0. The van der Waals surface area contributed by atoms with Crippen molar-refractivity contribution >= 4 is 679 Å². The summed E-state index contributed by atoms with van der Waals surface area (Å²) in [5.74, 6) is 0. The van der Waals surface area contributed by atoms with Gasteiger partial charge in [-0.3, -0.25) is 0 Å². The lowest BCUT2D eigenvalue weighted by molar-refractivity contribution is 3.13. The summed E-state index contributed by atoms with van der Waals surface area (Å²) in [5, 5.41) is 0. The molecule has 0 aliphatic carbocycles. The minimum absolute atomic E-state index is 1.70. The van der Waals surface area contributed by atoms with Crippen LogP contribution in [0.15, 0.2) is 0 Å². The summed E-state index contributed by atoms with van der Waals surface area (Å²) < 4.78 is 0. The van der Waals surface area contributed by atoms with Gasteiger partial charge in [-0.1, -0.05) is 0 Å². The standard InChI is InChI=1S/B96/c1-50(2)74(49)86(73(47)48)92(85(71(43)44)72(45)46)95(91(83(67(35)36)68(37)38)84(69(39)40)70(41)42)96(93(87(75(51(3)4)52(5)6)76(53(7)8)54(9)10)88(77(55(11)12)56(13)14)78(57(15)16)58(17)18)94(89(79(59(19)20)60(21)22)80(61(23)24)62(25)26)90(81(63(27)28)64(29)30)82(65(31)32)66(33)34. The summed E-state index contributed by atoms with van der Waals surface area (Å²) in [6, 6.07) is 0. The van der Waals surface area contributed by atoms with Gasteiger partial charge in [0.25, 0.3) is 0 Å². The van der Waals surface area contributed by atoms with Gasteiger partial charge in [0.05, 0.1) is 0 Å². The molecule has 96 heteroatoms. The van der Waals surface area contributed by atoms with Crippen LogP contribution in [-0.2, 0) is 0 Å². The summed E-state index contributed by atoms with van der Waals surface area (Å²) in [7, 11) is 346. The third-order valence-electron chi connectivity index (χ3n) is 20.4. The maximum atomic E-state index is 7.34.